The number of esters is 1. The highest BCUT2D eigenvalue weighted by molar-refractivity contribution is 7.15. The van der Waals surface area contributed by atoms with Crippen LogP contribution in [-0.4, -0.2) is 5.97 Å². The van der Waals surface area contributed by atoms with Crippen LogP contribution >= 0.6 is 11.3 Å². The summed E-state index contributed by atoms with van der Waals surface area (Å²) in [4.78, 5) is 14.4. The van der Waals surface area contributed by atoms with Gasteiger partial charge < -0.3 is 4.74 Å². The van der Waals surface area contributed by atoms with E-state index in [4.69, 9.17) is 4.74 Å². The fourth-order valence-corrected chi connectivity index (χ4v) is 3.37. The molecule has 0 amide bonds. The van der Waals surface area contributed by atoms with E-state index in [0.29, 0.717) is 5.75 Å². The number of benzene rings is 1. The van der Waals surface area contributed by atoms with Crippen LogP contribution in [0.5, 0.6) is 5.75 Å². The number of unbranched alkanes of at least 4 members (excludes halogenated alkanes) is 2. The molecule has 1 aromatic heterocycles. The SMILES string of the molecule is CCCC/C=C/C(=O)Oc1ccc(-c2ccc(CCC)s2)cc1. The predicted molar refractivity (Wildman–Crippen MR) is 98.1 cm³/mol. The molecule has 0 unspecified atom stereocenters. The van der Waals surface area contributed by atoms with E-state index in [1.165, 1.54) is 22.3 Å². The molecule has 3 heteroatoms. The molecule has 2 nitrogen and oxygen atoms in total. The fourth-order valence-electron chi connectivity index (χ4n) is 2.25. The maximum atomic E-state index is 11.7. The maximum absolute atomic E-state index is 11.7. The summed E-state index contributed by atoms with van der Waals surface area (Å²) in [6.45, 7) is 4.33. The van der Waals surface area contributed by atoms with Crippen LogP contribution in [0.15, 0.2) is 48.6 Å². The number of hydrogen-bond acceptors (Lipinski definition) is 3. The molecule has 0 aliphatic heterocycles. The highest BCUT2D eigenvalue weighted by Crippen LogP contribution is 2.30. The number of aryl methyl sites for hydroxylation is 1. The summed E-state index contributed by atoms with van der Waals surface area (Å²) in [5.41, 5.74) is 1.16. The van der Waals surface area contributed by atoms with Crippen molar-refractivity contribution in [3.05, 3.63) is 53.4 Å². The summed E-state index contributed by atoms with van der Waals surface area (Å²) in [6, 6.07) is 12.1. The van der Waals surface area contributed by atoms with Crippen LogP contribution < -0.4 is 4.74 Å². The zero-order valence-corrected chi connectivity index (χ0v) is 14.7. The largest absolute Gasteiger partial charge is 0.423 e. The minimum Gasteiger partial charge on any atom is -0.423 e. The van der Waals surface area contributed by atoms with Gasteiger partial charge in [-0.2, -0.15) is 0 Å². The summed E-state index contributed by atoms with van der Waals surface area (Å²) in [5.74, 6) is 0.277. The van der Waals surface area contributed by atoms with E-state index in [1.807, 2.05) is 41.7 Å². The number of rotatable bonds is 8. The van der Waals surface area contributed by atoms with Gasteiger partial charge >= 0.3 is 5.97 Å². The quantitative estimate of drug-likeness (QED) is 0.256. The number of carbonyl (C=O) groups is 1. The van der Waals surface area contributed by atoms with E-state index in [2.05, 4.69) is 26.0 Å². The van der Waals surface area contributed by atoms with Crippen molar-refractivity contribution in [3.8, 4) is 16.2 Å². The lowest BCUT2D eigenvalue weighted by atomic mass is 10.2. The van der Waals surface area contributed by atoms with Crippen molar-refractivity contribution in [1.29, 1.82) is 0 Å². The molecule has 23 heavy (non-hydrogen) atoms. The minimum atomic E-state index is -0.310. The van der Waals surface area contributed by atoms with Crippen LogP contribution in [0.25, 0.3) is 10.4 Å². The van der Waals surface area contributed by atoms with Crippen molar-refractivity contribution in [2.24, 2.45) is 0 Å². The van der Waals surface area contributed by atoms with Gasteiger partial charge in [-0.05, 0) is 54.8 Å². The third-order valence-corrected chi connectivity index (χ3v) is 4.69. The Morgan fingerprint density at radius 2 is 1.87 bits per heavy atom. The van der Waals surface area contributed by atoms with Crippen LogP contribution in [-0.2, 0) is 11.2 Å². The smallest absolute Gasteiger partial charge is 0.335 e. The van der Waals surface area contributed by atoms with Crippen molar-refractivity contribution in [1.82, 2.24) is 0 Å². The lowest BCUT2D eigenvalue weighted by Crippen LogP contribution is -2.03. The topological polar surface area (TPSA) is 26.3 Å². The number of allylic oxidation sites excluding steroid dienone is 1. The van der Waals surface area contributed by atoms with E-state index < -0.39 is 0 Å². The van der Waals surface area contributed by atoms with Gasteiger partial charge in [0, 0.05) is 15.8 Å². The summed E-state index contributed by atoms with van der Waals surface area (Å²) in [7, 11) is 0. The van der Waals surface area contributed by atoms with Crippen molar-refractivity contribution >= 4 is 17.3 Å². The Balaban J connectivity index is 1.93. The van der Waals surface area contributed by atoms with Gasteiger partial charge in [0.2, 0.25) is 0 Å². The van der Waals surface area contributed by atoms with Crippen LogP contribution in [0, 0.1) is 0 Å². The van der Waals surface area contributed by atoms with Gasteiger partial charge in [-0.25, -0.2) is 4.79 Å². The maximum Gasteiger partial charge on any atom is 0.335 e. The second-order valence-electron chi connectivity index (χ2n) is 5.51. The summed E-state index contributed by atoms with van der Waals surface area (Å²) >= 11 is 1.83. The van der Waals surface area contributed by atoms with Gasteiger partial charge in [-0.1, -0.05) is 39.2 Å². The van der Waals surface area contributed by atoms with E-state index in [-0.39, 0.29) is 5.97 Å². The molecule has 0 aliphatic carbocycles. The van der Waals surface area contributed by atoms with Crippen LogP contribution in [0.3, 0.4) is 0 Å². The average Bonchev–Trinajstić information content (AvgIpc) is 3.01. The van der Waals surface area contributed by atoms with Crippen molar-refractivity contribution < 1.29 is 9.53 Å². The average molecular weight is 328 g/mol. The van der Waals surface area contributed by atoms with Gasteiger partial charge in [-0.3, -0.25) is 0 Å². The molecule has 0 saturated heterocycles. The molecule has 0 spiro atoms. The van der Waals surface area contributed by atoms with Gasteiger partial charge in [0.1, 0.15) is 5.75 Å². The molecule has 0 fully saturated rings. The summed E-state index contributed by atoms with van der Waals surface area (Å²) in [5, 5.41) is 0. The Kier molecular flexibility index (Phi) is 7.08. The molecule has 0 bridgehead atoms. The van der Waals surface area contributed by atoms with Crippen LogP contribution in [0.4, 0.5) is 0 Å². The van der Waals surface area contributed by atoms with E-state index in [1.54, 1.807) is 0 Å². The summed E-state index contributed by atoms with van der Waals surface area (Å²) in [6.07, 6.45) is 8.83. The molecule has 2 aromatic rings. The van der Waals surface area contributed by atoms with E-state index >= 15 is 0 Å². The van der Waals surface area contributed by atoms with Crippen LogP contribution in [0.1, 0.15) is 44.4 Å². The number of hydrogen-bond donors (Lipinski definition) is 0. The fraction of sp³-hybridized carbons (Fsp3) is 0.350. The number of ether oxygens (including phenoxy) is 1. The first-order chi connectivity index (χ1) is 11.2. The normalized spacial score (nSPS) is 11.0. The molecule has 1 heterocycles. The minimum absolute atomic E-state index is 0.310. The first-order valence-corrected chi connectivity index (χ1v) is 9.12. The Morgan fingerprint density at radius 1 is 1.09 bits per heavy atom. The van der Waals surface area contributed by atoms with Gasteiger partial charge in [0.25, 0.3) is 0 Å². The van der Waals surface area contributed by atoms with Gasteiger partial charge in [-0.15, -0.1) is 11.3 Å². The summed E-state index contributed by atoms with van der Waals surface area (Å²) < 4.78 is 5.31. The molecular formula is C20H24O2S. The molecule has 0 atom stereocenters. The van der Waals surface area contributed by atoms with Crippen molar-refractivity contribution in [2.75, 3.05) is 0 Å². The second kappa shape index (κ2) is 9.31. The zero-order valence-electron chi connectivity index (χ0n) is 13.9. The molecule has 1 aromatic carbocycles. The first kappa shape index (κ1) is 17.5. The van der Waals surface area contributed by atoms with Crippen molar-refractivity contribution in [3.63, 3.8) is 0 Å². The Bertz CT molecular complexity index is 638. The van der Waals surface area contributed by atoms with Gasteiger partial charge in [0.05, 0.1) is 0 Å². The number of carbonyl (C=O) groups excluding carboxylic acids is 1. The highest BCUT2D eigenvalue weighted by Gasteiger charge is 2.04. The molecule has 2 rings (SSSR count). The third kappa shape index (κ3) is 5.68. The molecule has 0 N–H and O–H groups in total. The van der Waals surface area contributed by atoms with E-state index in [0.717, 1.165) is 31.2 Å². The highest BCUT2D eigenvalue weighted by atomic mass is 32.1. The molecule has 122 valence electrons. The standard InChI is InChI=1S/C20H24O2S/c1-3-5-6-7-9-20(21)22-17-12-10-16(11-13-17)19-15-14-18(23-19)8-4-2/h7,9-15H,3-6,8H2,1-2H3/b9-7+. The Morgan fingerprint density at radius 3 is 2.57 bits per heavy atom. The number of thiophene rings is 1. The molecule has 0 aliphatic rings. The zero-order chi connectivity index (χ0) is 16.5. The lowest BCUT2D eigenvalue weighted by molar-refractivity contribution is -0.129. The van der Waals surface area contributed by atoms with Gasteiger partial charge in [0.15, 0.2) is 0 Å². The Labute approximate surface area is 142 Å². The third-order valence-electron chi connectivity index (χ3n) is 3.49. The van der Waals surface area contributed by atoms with Crippen molar-refractivity contribution in [2.45, 2.75) is 46.0 Å². The second-order valence-corrected chi connectivity index (χ2v) is 6.67. The molecule has 0 radical (unpaired) electrons. The van der Waals surface area contributed by atoms with Crippen LogP contribution in [0.2, 0.25) is 0 Å². The molecule has 0 saturated carbocycles. The predicted octanol–water partition coefficient (Wildman–Crippen LogP) is 6.02. The van der Waals surface area contributed by atoms with E-state index in [9.17, 15) is 4.79 Å². The Hall–Kier alpha value is -1.87. The molecular weight excluding hydrogens is 304 g/mol. The monoisotopic (exact) mass is 328 g/mol. The first-order valence-electron chi connectivity index (χ1n) is 8.30. The lowest BCUT2D eigenvalue weighted by Gasteiger charge is -2.03.